The fourth-order valence-corrected chi connectivity index (χ4v) is 3.22. The molecule has 0 spiro atoms. The van der Waals surface area contributed by atoms with E-state index in [1.165, 1.54) is 7.05 Å². The topological polar surface area (TPSA) is 71.3 Å². The number of anilines is 1. The summed E-state index contributed by atoms with van der Waals surface area (Å²) < 4.78 is 31.9. The maximum absolute atomic E-state index is 11.9. The number of nitrogens with one attached hydrogen (secondary N) is 2. The van der Waals surface area contributed by atoms with E-state index in [2.05, 4.69) is 10.0 Å². The minimum absolute atomic E-state index is 0.225. The molecule has 21 heavy (non-hydrogen) atoms. The Bertz CT molecular complexity index is 696. The first-order valence-electron chi connectivity index (χ1n) is 6.40. The standard InChI is InChI=1S/C14H18N2O3S2/c1-15-21(17,18)14-6-4-3-5-13(14)16-9-11-7-8-12(19-11)10-20-2/h3-8,15-16H,9-10H2,1-2H3. The lowest BCUT2D eigenvalue weighted by Gasteiger charge is -2.10. The number of thioether (sulfide) groups is 1. The summed E-state index contributed by atoms with van der Waals surface area (Å²) in [7, 11) is -2.09. The smallest absolute Gasteiger partial charge is 0.242 e. The van der Waals surface area contributed by atoms with E-state index >= 15 is 0 Å². The Kier molecular flexibility index (Phi) is 5.33. The highest BCUT2D eigenvalue weighted by Crippen LogP contribution is 2.21. The van der Waals surface area contributed by atoms with E-state index in [0.717, 1.165) is 17.3 Å². The number of rotatable bonds is 7. The third kappa shape index (κ3) is 4.03. The van der Waals surface area contributed by atoms with Crippen molar-refractivity contribution in [2.24, 2.45) is 0 Å². The van der Waals surface area contributed by atoms with Crippen molar-refractivity contribution in [1.29, 1.82) is 0 Å². The van der Waals surface area contributed by atoms with Crippen molar-refractivity contribution >= 4 is 27.5 Å². The molecule has 0 saturated carbocycles. The van der Waals surface area contributed by atoms with E-state index in [4.69, 9.17) is 4.42 Å². The molecule has 114 valence electrons. The lowest BCUT2D eigenvalue weighted by atomic mass is 10.3. The van der Waals surface area contributed by atoms with Crippen LogP contribution in [0, 0.1) is 0 Å². The minimum Gasteiger partial charge on any atom is -0.463 e. The van der Waals surface area contributed by atoms with E-state index < -0.39 is 10.0 Å². The second-order valence-corrected chi connectivity index (χ2v) is 7.08. The molecular weight excluding hydrogens is 308 g/mol. The molecule has 5 nitrogen and oxygen atoms in total. The van der Waals surface area contributed by atoms with Gasteiger partial charge in [-0.05, 0) is 37.6 Å². The SMILES string of the molecule is CNS(=O)(=O)c1ccccc1NCc1ccc(CSC)o1. The molecule has 0 aliphatic carbocycles. The number of hydrogen-bond donors (Lipinski definition) is 2. The van der Waals surface area contributed by atoms with E-state index in [1.54, 1.807) is 36.0 Å². The minimum atomic E-state index is -3.48. The Balaban J connectivity index is 2.13. The predicted molar refractivity (Wildman–Crippen MR) is 85.9 cm³/mol. The van der Waals surface area contributed by atoms with Crippen LogP contribution in [0.5, 0.6) is 0 Å². The maximum atomic E-state index is 11.9. The zero-order valence-corrected chi connectivity index (χ0v) is 13.6. The van der Waals surface area contributed by atoms with Crippen LogP contribution in [0.15, 0.2) is 45.7 Å². The van der Waals surface area contributed by atoms with Gasteiger partial charge in [-0.2, -0.15) is 11.8 Å². The first kappa shape index (κ1) is 15.9. The molecule has 0 bridgehead atoms. The quantitative estimate of drug-likeness (QED) is 0.818. The summed E-state index contributed by atoms with van der Waals surface area (Å²) in [4.78, 5) is 0.225. The van der Waals surface area contributed by atoms with Gasteiger partial charge in [0.2, 0.25) is 10.0 Å². The zero-order chi connectivity index (χ0) is 15.3. The molecule has 1 aromatic carbocycles. The highest BCUT2D eigenvalue weighted by atomic mass is 32.2. The number of furan rings is 1. The molecular formula is C14H18N2O3S2. The molecule has 1 heterocycles. The summed E-state index contributed by atoms with van der Waals surface area (Å²) in [5.74, 6) is 2.51. The highest BCUT2D eigenvalue weighted by molar-refractivity contribution is 7.97. The van der Waals surface area contributed by atoms with Crippen LogP contribution in [0.1, 0.15) is 11.5 Å². The summed E-state index contributed by atoms with van der Waals surface area (Å²) in [5, 5.41) is 3.11. The predicted octanol–water partition coefficient (Wildman–Crippen LogP) is 2.66. The van der Waals surface area contributed by atoms with Crippen molar-refractivity contribution in [2.45, 2.75) is 17.2 Å². The van der Waals surface area contributed by atoms with Crippen molar-refractivity contribution in [3.8, 4) is 0 Å². The Labute approximate surface area is 129 Å². The molecule has 0 aliphatic heterocycles. The number of hydrogen-bond acceptors (Lipinski definition) is 5. The number of sulfonamides is 1. The molecule has 7 heteroatoms. The van der Waals surface area contributed by atoms with E-state index in [0.29, 0.717) is 12.2 Å². The van der Waals surface area contributed by atoms with Gasteiger partial charge in [0.05, 0.1) is 18.0 Å². The van der Waals surface area contributed by atoms with Gasteiger partial charge in [0.25, 0.3) is 0 Å². The first-order chi connectivity index (χ1) is 10.1. The first-order valence-corrected chi connectivity index (χ1v) is 9.27. The molecule has 2 rings (SSSR count). The third-order valence-electron chi connectivity index (χ3n) is 2.90. The van der Waals surface area contributed by atoms with Gasteiger partial charge in [0.1, 0.15) is 16.4 Å². The van der Waals surface area contributed by atoms with Crippen LogP contribution < -0.4 is 10.0 Å². The van der Waals surface area contributed by atoms with E-state index in [9.17, 15) is 8.42 Å². The summed E-state index contributed by atoms with van der Waals surface area (Å²) in [5.41, 5.74) is 0.551. The Morgan fingerprint density at radius 2 is 1.86 bits per heavy atom. The van der Waals surface area contributed by atoms with Crippen molar-refractivity contribution in [3.63, 3.8) is 0 Å². The average Bonchev–Trinajstić information content (AvgIpc) is 2.93. The Morgan fingerprint density at radius 1 is 1.14 bits per heavy atom. The second-order valence-electron chi connectivity index (χ2n) is 4.36. The van der Waals surface area contributed by atoms with E-state index in [1.807, 2.05) is 18.4 Å². The summed E-state index contributed by atoms with van der Waals surface area (Å²) in [6.07, 6.45) is 2.01. The van der Waals surface area contributed by atoms with Crippen LogP contribution in [0.2, 0.25) is 0 Å². The molecule has 0 fully saturated rings. The molecule has 0 radical (unpaired) electrons. The van der Waals surface area contributed by atoms with Crippen molar-refractivity contribution in [2.75, 3.05) is 18.6 Å². The summed E-state index contributed by atoms with van der Waals surface area (Å²) in [6, 6.07) is 10.6. The van der Waals surface area contributed by atoms with Crippen molar-refractivity contribution < 1.29 is 12.8 Å². The van der Waals surface area contributed by atoms with Crippen LogP contribution in [-0.4, -0.2) is 21.7 Å². The van der Waals surface area contributed by atoms with Crippen molar-refractivity contribution in [3.05, 3.63) is 47.9 Å². The fourth-order valence-electron chi connectivity index (χ4n) is 1.88. The van der Waals surface area contributed by atoms with Gasteiger partial charge in [-0.1, -0.05) is 12.1 Å². The second kappa shape index (κ2) is 7.02. The van der Waals surface area contributed by atoms with Crippen LogP contribution in [0.25, 0.3) is 0 Å². The average molecular weight is 326 g/mol. The summed E-state index contributed by atoms with van der Waals surface area (Å²) in [6.45, 7) is 0.435. The van der Waals surface area contributed by atoms with Gasteiger partial charge in [-0.3, -0.25) is 0 Å². The monoisotopic (exact) mass is 326 g/mol. The molecule has 0 unspecified atom stereocenters. The highest BCUT2D eigenvalue weighted by Gasteiger charge is 2.15. The van der Waals surface area contributed by atoms with Gasteiger partial charge in [-0.25, -0.2) is 13.1 Å². The van der Waals surface area contributed by atoms with Crippen molar-refractivity contribution in [1.82, 2.24) is 4.72 Å². The summed E-state index contributed by atoms with van der Waals surface area (Å²) >= 11 is 1.69. The lowest BCUT2D eigenvalue weighted by Crippen LogP contribution is -2.20. The van der Waals surface area contributed by atoms with Crippen LogP contribution >= 0.6 is 11.8 Å². The Morgan fingerprint density at radius 3 is 2.57 bits per heavy atom. The van der Waals surface area contributed by atoms with Crippen LogP contribution in [-0.2, 0) is 22.3 Å². The molecule has 2 N–H and O–H groups in total. The number of benzene rings is 1. The van der Waals surface area contributed by atoms with Gasteiger partial charge in [0.15, 0.2) is 0 Å². The Hall–Kier alpha value is -1.44. The van der Waals surface area contributed by atoms with E-state index in [-0.39, 0.29) is 4.90 Å². The normalized spacial score (nSPS) is 11.5. The lowest BCUT2D eigenvalue weighted by molar-refractivity contribution is 0.487. The maximum Gasteiger partial charge on any atom is 0.242 e. The van der Waals surface area contributed by atoms with Crippen LogP contribution in [0.3, 0.4) is 0 Å². The molecule has 0 atom stereocenters. The molecule has 1 aromatic heterocycles. The zero-order valence-electron chi connectivity index (χ0n) is 11.9. The van der Waals surface area contributed by atoms with Gasteiger partial charge in [0, 0.05) is 0 Å². The van der Waals surface area contributed by atoms with Crippen LogP contribution in [0.4, 0.5) is 5.69 Å². The molecule has 0 aliphatic rings. The molecule has 0 saturated heterocycles. The number of para-hydroxylation sites is 1. The largest absolute Gasteiger partial charge is 0.463 e. The van der Waals surface area contributed by atoms with Gasteiger partial charge < -0.3 is 9.73 Å². The van der Waals surface area contributed by atoms with Gasteiger partial charge in [-0.15, -0.1) is 0 Å². The van der Waals surface area contributed by atoms with Gasteiger partial charge >= 0.3 is 0 Å². The fraction of sp³-hybridized carbons (Fsp3) is 0.286. The molecule has 0 amide bonds. The third-order valence-corrected chi connectivity index (χ3v) is 4.95. The molecule has 2 aromatic rings.